The van der Waals surface area contributed by atoms with Crippen molar-refractivity contribution in [2.75, 3.05) is 20.3 Å². The summed E-state index contributed by atoms with van der Waals surface area (Å²) in [5, 5.41) is 3.83. The first kappa shape index (κ1) is 12.9. The van der Waals surface area contributed by atoms with Gasteiger partial charge in [0.1, 0.15) is 5.75 Å². The van der Waals surface area contributed by atoms with E-state index >= 15 is 0 Å². The quantitative estimate of drug-likeness (QED) is 0.907. The Morgan fingerprint density at radius 1 is 1.21 bits per heavy atom. The average Bonchev–Trinajstić information content (AvgIpc) is 2.48. The summed E-state index contributed by atoms with van der Waals surface area (Å²) in [6.45, 7) is 1.80. The van der Waals surface area contributed by atoms with Crippen LogP contribution in [0.25, 0.3) is 0 Å². The van der Waals surface area contributed by atoms with Gasteiger partial charge in [0.15, 0.2) is 0 Å². The minimum absolute atomic E-state index is 0.488. The van der Waals surface area contributed by atoms with Crippen LogP contribution in [0.5, 0.6) is 5.75 Å². The summed E-state index contributed by atoms with van der Waals surface area (Å²) in [6, 6.07) is 7.54. The van der Waals surface area contributed by atoms with E-state index in [-0.39, 0.29) is 0 Å². The molecule has 3 heteroatoms. The van der Waals surface area contributed by atoms with Gasteiger partial charge in [-0.15, -0.1) is 0 Å². The van der Waals surface area contributed by atoms with E-state index in [0.29, 0.717) is 12.1 Å². The molecule has 0 amide bonds. The topological polar surface area (TPSA) is 30.5 Å². The number of hydrogen-bond acceptors (Lipinski definition) is 3. The van der Waals surface area contributed by atoms with Gasteiger partial charge in [-0.3, -0.25) is 0 Å². The largest absolute Gasteiger partial charge is 0.496 e. The molecule has 3 rings (SSSR count). The molecule has 0 spiro atoms. The van der Waals surface area contributed by atoms with E-state index in [2.05, 4.69) is 23.5 Å². The Morgan fingerprint density at radius 2 is 2.05 bits per heavy atom. The average molecular weight is 261 g/mol. The molecule has 1 aliphatic carbocycles. The van der Waals surface area contributed by atoms with Gasteiger partial charge in [0, 0.05) is 25.3 Å². The second-order valence-electron chi connectivity index (χ2n) is 5.53. The fraction of sp³-hybridized carbons (Fsp3) is 0.625. The van der Waals surface area contributed by atoms with Gasteiger partial charge in [0.25, 0.3) is 0 Å². The van der Waals surface area contributed by atoms with E-state index < -0.39 is 0 Å². The molecule has 1 fully saturated rings. The lowest BCUT2D eigenvalue weighted by atomic mass is 9.86. The van der Waals surface area contributed by atoms with Crippen molar-refractivity contribution in [2.45, 2.75) is 44.2 Å². The van der Waals surface area contributed by atoms with Crippen molar-refractivity contribution in [3.63, 3.8) is 0 Å². The third kappa shape index (κ3) is 2.77. The zero-order chi connectivity index (χ0) is 13.1. The molecule has 19 heavy (non-hydrogen) atoms. The first-order chi connectivity index (χ1) is 9.38. The normalized spacial score (nSPS) is 23.9. The number of ether oxygens (including phenoxy) is 2. The number of nitrogens with one attached hydrogen (secondary N) is 1. The Balaban J connectivity index is 1.78. The number of hydrogen-bond donors (Lipinski definition) is 1. The Bertz CT molecular complexity index is 427. The smallest absolute Gasteiger partial charge is 0.122 e. The van der Waals surface area contributed by atoms with E-state index in [1.54, 1.807) is 7.11 Å². The zero-order valence-electron chi connectivity index (χ0n) is 11.7. The predicted octanol–water partition coefficient (Wildman–Crippen LogP) is 2.84. The van der Waals surface area contributed by atoms with E-state index in [1.807, 2.05) is 0 Å². The molecular weight excluding hydrogens is 238 g/mol. The van der Waals surface area contributed by atoms with Crippen molar-refractivity contribution in [2.24, 2.45) is 0 Å². The Labute approximate surface area is 115 Å². The maximum absolute atomic E-state index is 5.50. The Kier molecular flexibility index (Phi) is 4.04. The fourth-order valence-corrected chi connectivity index (χ4v) is 3.33. The van der Waals surface area contributed by atoms with Crippen molar-refractivity contribution in [1.29, 1.82) is 0 Å². The van der Waals surface area contributed by atoms with Crippen LogP contribution in [-0.4, -0.2) is 26.4 Å². The number of fused-ring (bicyclic) bond motifs is 1. The number of rotatable bonds is 3. The second kappa shape index (κ2) is 5.93. The van der Waals surface area contributed by atoms with Crippen molar-refractivity contribution in [1.82, 2.24) is 5.32 Å². The lowest BCUT2D eigenvalue weighted by molar-refractivity contribution is 0.0741. The summed E-state index contributed by atoms with van der Waals surface area (Å²) in [5.74, 6) is 1.05. The van der Waals surface area contributed by atoms with Gasteiger partial charge < -0.3 is 14.8 Å². The molecule has 0 bridgehead atoms. The van der Waals surface area contributed by atoms with E-state index in [4.69, 9.17) is 9.47 Å². The van der Waals surface area contributed by atoms with Gasteiger partial charge in [-0.05, 0) is 49.3 Å². The monoisotopic (exact) mass is 261 g/mol. The summed E-state index contributed by atoms with van der Waals surface area (Å²) in [6.07, 6.45) is 5.89. The van der Waals surface area contributed by atoms with Crippen molar-refractivity contribution >= 4 is 0 Å². The van der Waals surface area contributed by atoms with Crippen LogP contribution in [0.1, 0.15) is 42.9 Å². The highest BCUT2D eigenvalue weighted by Gasteiger charge is 2.25. The standard InChI is InChI=1S/C16H23NO2/c1-18-16-7-3-4-13-14(16)5-2-6-15(13)17-12-8-10-19-11-9-12/h3-4,7,12,15,17H,2,5-6,8-11H2,1H3. The van der Waals surface area contributed by atoms with Gasteiger partial charge in [-0.1, -0.05) is 12.1 Å². The predicted molar refractivity (Wildman–Crippen MR) is 75.6 cm³/mol. The maximum Gasteiger partial charge on any atom is 0.122 e. The van der Waals surface area contributed by atoms with Crippen LogP contribution in [0.3, 0.4) is 0 Å². The molecular formula is C16H23NO2. The second-order valence-corrected chi connectivity index (χ2v) is 5.53. The molecule has 1 aliphatic heterocycles. The molecule has 0 radical (unpaired) electrons. The molecule has 2 aliphatic rings. The van der Waals surface area contributed by atoms with E-state index in [1.165, 1.54) is 24.0 Å². The Morgan fingerprint density at radius 3 is 2.84 bits per heavy atom. The van der Waals surface area contributed by atoms with Crippen LogP contribution in [0, 0.1) is 0 Å². The van der Waals surface area contributed by atoms with Gasteiger partial charge in [-0.2, -0.15) is 0 Å². The van der Waals surface area contributed by atoms with Crippen LogP contribution < -0.4 is 10.1 Å². The Hall–Kier alpha value is -1.06. The number of benzene rings is 1. The van der Waals surface area contributed by atoms with Gasteiger partial charge in [0.2, 0.25) is 0 Å². The summed E-state index contributed by atoms with van der Waals surface area (Å²) in [7, 11) is 1.77. The van der Waals surface area contributed by atoms with E-state index in [0.717, 1.165) is 38.2 Å². The third-order valence-electron chi connectivity index (χ3n) is 4.34. The van der Waals surface area contributed by atoms with Crippen LogP contribution in [0.4, 0.5) is 0 Å². The fourth-order valence-electron chi connectivity index (χ4n) is 3.33. The molecule has 1 heterocycles. The summed E-state index contributed by atoms with van der Waals surface area (Å²) in [5.41, 5.74) is 2.85. The van der Waals surface area contributed by atoms with Gasteiger partial charge in [0.05, 0.1) is 7.11 Å². The van der Waals surface area contributed by atoms with Crippen molar-refractivity contribution in [3.8, 4) is 5.75 Å². The van der Waals surface area contributed by atoms with Crippen LogP contribution >= 0.6 is 0 Å². The van der Waals surface area contributed by atoms with Crippen LogP contribution in [-0.2, 0) is 11.2 Å². The molecule has 1 aromatic carbocycles. The molecule has 0 aromatic heterocycles. The highest BCUT2D eigenvalue weighted by Crippen LogP contribution is 2.35. The molecule has 1 atom stereocenters. The molecule has 0 saturated carbocycles. The van der Waals surface area contributed by atoms with Gasteiger partial charge >= 0.3 is 0 Å². The first-order valence-electron chi connectivity index (χ1n) is 7.38. The summed E-state index contributed by atoms with van der Waals surface area (Å²) < 4.78 is 10.9. The first-order valence-corrected chi connectivity index (χ1v) is 7.38. The maximum atomic E-state index is 5.50. The van der Waals surface area contributed by atoms with Crippen LogP contribution in [0.15, 0.2) is 18.2 Å². The molecule has 104 valence electrons. The van der Waals surface area contributed by atoms with Crippen molar-refractivity contribution < 1.29 is 9.47 Å². The molecule has 1 unspecified atom stereocenters. The molecule has 3 nitrogen and oxygen atoms in total. The number of methoxy groups -OCH3 is 1. The lowest BCUT2D eigenvalue weighted by Crippen LogP contribution is -2.38. The zero-order valence-corrected chi connectivity index (χ0v) is 11.7. The minimum atomic E-state index is 0.488. The van der Waals surface area contributed by atoms with Crippen LogP contribution in [0.2, 0.25) is 0 Å². The minimum Gasteiger partial charge on any atom is -0.496 e. The molecule has 1 saturated heterocycles. The van der Waals surface area contributed by atoms with E-state index in [9.17, 15) is 0 Å². The third-order valence-corrected chi connectivity index (χ3v) is 4.34. The summed E-state index contributed by atoms with van der Waals surface area (Å²) >= 11 is 0. The summed E-state index contributed by atoms with van der Waals surface area (Å²) in [4.78, 5) is 0. The SMILES string of the molecule is COc1cccc2c1CCCC2NC1CCOCC1. The lowest BCUT2D eigenvalue weighted by Gasteiger charge is -2.33. The molecule has 1 N–H and O–H groups in total. The van der Waals surface area contributed by atoms with Crippen molar-refractivity contribution in [3.05, 3.63) is 29.3 Å². The highest BCUT2D eigenvalue weighted by atomic mass is 16.5. The highest BCUT2D eigenvalue weighted by molar-refractivity contribution is 5.43. The molecule has 1 aromatic rings. The van der Waals surface area contributed by atoms with Gasteiger partial charge in [-0.25, -0.2) is 0 Å².